The number of nitrogens with zero attached hydrogens (tertiary/aromatic N) is 2. The summed E-state index contributed by atoms with van der Waals surface area (Å²) in [6.07, 6.45) is 0.102. The van der Waals surface area contributed by atoms with Crippen LogP contribution < -0.4 is 14.8 Å². The van der Waals surface area contributed by atoms with Crippen molar-refractivity contribution in [3.05, 3.63) is 53.6 Å². The molecule has 1 aliphatic rings. The Morgan fingerprint density at radius 1 is 0.971 bits per heavy atom. The summed E-state index contributed by atoms with van der Waals surface area (Å²) in [6, 6.07) is 11.7. The molecule has 1 aliphatic heterocycles. The maximum absolute atomic E-state index is 13.1. The van der Waals surface area contributed by atoms with E-state index in [2.05, 4.69) is 5.32 Å². The predicted octanol–water partition coefficient (Wildman–Crippen LogP) is 2.11. The van der Waals surface area contributed by atoms with Gasteiger partial charge in [-0.1, -0.05) is 29.8 Å². The summed E-state index contributed by atoms with van der Waals surface area (Å²) >= 11 is 0. The van der Waals surface area contributed by atoms with Gasteiger partial charge in [0.15, 0.2) is 11.5 Å². The highest BCUT2D eigenvalue weighted by molar-refractivity contribution is 7.89. The molecule has 0 saturated carbocycles. The molecule has 0 spiro atoms. The number of benzene rings is 2. The Labute approximate surface area is 200 Å². The molecule has 0 radical (unpaired) electrons. The Morgan fingerprint density at radius 3 is 2.15 bits per heavy atom. The molecule has 0 aromatic heterocycles. The fourth-order valence-corrected chi connectivity index (χ4v) is 5.34. The van der Waals surface area contributed by atoms with Crippen LogP contribution >= 0.6 is 0 Å². The molecule has 184 valence electrons. The minimum Gasteiger partial charge on any atom is -0.493 e. The number of hydrogen-bond acceptors (Lipinski definition) is 6. The summed E-state index contributed by atoms with van der Waals surface area (Å²) in [5.74, 6) is 0.420. The first-order chi connectivity index (χ1) is 16.1. The predicted molar refractivity (Wildman–Crippen MR) is 127 cm³/mol. The number of amides is 2. The highest BCUT2D eigenvalue weighted by Gasteiger charge is 2.31. The van der Waals surface area contributed by atoms with Crippen LogP contribution in [0.1, 0.15) is 30.5 Å². The van der Waals surface area contributed by atoms with Gasteiger partial charge < -0.3 is 19.7 Å². The first-order valence-corrected chi connectivity index (χ1v) is 12.4. The van der Waals surface area contributed by atoms with Crippen molar-refractivity contribution in [2.45, 2.75) is 31.2 Å². The third-order valence-electron chi connectivity index (χ3n) is 5.82. The maximum atomic E-state index is 13.1. The van der Waals surface area contributed by atoms with E-state index in [1.807, 2.05) is 31.2 Å². The number of nitrogens with one attached hydrogen (secondary N) is 1. The maximum Gasteiger partial charge on any atom is 0.243 e. The fourth-order valence-electron chi connectivity index (χ4n) is 3.90. The van der Waals surface area contributed by atoms with E-state index in [0.717, 1.165) is 11.1 Å². The topological polar surface area (TPSA) is 105 Å². The van der Waals surface area contributed by atoms with Crippen LogP contribution in [0.5, 0.6) is 11.5 Å². The molecule has 34 heavy (non-hydrogen) atoms. The van der Waals surface area contributed by atoms with Gasteiger partial charge in [-0.2, -0.15) is 4.31 Å². The first-order valence-electron chi connectivity index (χ1n) is 11.0. The second-order valence-electron chi connectivity index (χ2n) is 8.17. The van der Waals surface area contributed by atoms with Crippen LogP contribution in [0.25, 0.3) is 0 Å². The molecule has 1 fully saturated rings. The molecular weight excluding hydrogens is 458 g/mol. The number of sulfonamides is 1. The Kier molecular flexibility index (Phi) is 8.16. The summed E-state index contributed by atoms with van der Waals surface area (Å²) in [7, 11) is -0.820. The summed E-state index contributed by atoms with van der Waals surface area (Å²) in [6.45, 7) is 4.29. The molecule has 1 heterocycles. The number of carbonyl (C=O) groups excluding carboxylic acids is 2. The van der Waals surface area contributed by atoms with Crippen molar-refractivity contribution in [2.75, 3.05) is 40.4 Å². The SMILES string of the molecule is COc1ccc(S(=O)(=O)N2CCN(C(=O)CC(NC(C)=O)c3ccc(C)cc3)CC2)cc1OC. The summed E-state index contributed by atoms with van der Waals surface area (Å²) < 4.78 is 38.0. The van der Waals surface area contributed by atoms with E-state index >= 15 is 0 Å². The van der Waals surface area contributed by atoms with Gasteiger partial charge in [-0.15, -0.1) is 0 Å². The van der Waals surface area contributed by atoms with Gasteiger partial charge >= 0.3 is 0 Å². The lowest BCUT2D eigenvalue weighted by molar-refractivity contribution is -0.133. The zero-order valence-corrected chi connectivity index (χ0v) is 20.7. The Hall–Kier alpha value is -3.11. The van der Waals surface area contributed by atoms with Gasteiger partial charge in [0.1, 0.15) is 0 Å². The van der Waals surface area contributed by atoms with Crippen molar-refractivity contribution in [3.8, 4) is 11.5 Å². The molecule has 9 nitrogen and oxygen atoms in total. The van der Waals surface area contributed by atoms with Crippen LogP contribution in [0.4, 0.5) is 0 Å². The number of piperazine rings is 1. The number of ether oxygens (including phenoxy) is 2. The van der Waals surface area contributed by atoms with E-state index in [0.29, 0.717) is 11.5 Å². The molecule has 1 saturated heterocycles. The minimum absolute atomic E-state index is 0.102. The van der Waals surface area contributed by atoms with Gasteiger partial charge in [-0.3, -0.25) is 9.59 Å². The molecule has 2 amide bonds. The van der Waals surface area contributed by atoms with Crippen molar-refractivity contribution in [1.29, 1.82) is 0 Å². The van der Waals surface area contributed by atoms with Crippen LogP contribution in [-0.2, 0) is 19.6 Å². The highest BCUT2D eigenvalue weighted by atomic mass is 32.2. The Morgan fingerprint density at radius 2 is 1.59 bits per heavy atom. The first kappa shape index (κ1) is 25.5. The fraction of sp³-hybridized carbons (Fsp3) is 0.417. The zero-order chi connectivity index (χ0) is 24.9. The van der Waals surface area contributed by atoms with Crippen molar-refractivity contribution in [3.63, 3.8) is 0 Å². The number of rotatable bonds is 8. The highest BCUT2D eigenvalue weighted by Crippen LogP contribution is 2.31. The Bertz CT molecular complexity index is 1130. The molecule has 1 atom stereocenters. The molecule has 0 bridgehead atoms. The van der Waals surface area contributed by atoms with E-state index in [1.54, 1.807) is 11.0 Å². The monoisotopic (exact) mass is 489 g/mol. The molecule has 1 N–H and O–H groups in total. The van der Waals surface area contributed by atoms with E-state index < -0.39 is 16.1 Å². The molecule has 3 rings (SSSR count). The summed E-state index contributed by atoms with van der Waals surface area (Å²) in [5, 5.41) is 2.85. The lowest BCUT2D eigenvalue weighted by Crippen LogP contribution is -2.51. The minimum atomic E-state index is -3.75. The number of methoxy groups -OCH3 is 2. The standard InChI is InChI=1S/C24H31N3O6S/c1-17-5-7-19(8-6-17)21(25-18(2)28)16-24(29)26-11-13-27(14-12-26)34(30,31)20-9-10-22(32-3)23(15-20)33-4/h5-10,15,21H,11-14,16H2,1-4H3,(H,25,28). The average molecular weight is 490 g/mol. The molecule has 2 aromatic rings. The van der Waals surface area contributed by atoms with E-state index in [1.165, 1.54) is 37.6 Å². The summed E-state index contributed by atoms with van der Waals surface area (Å²) in [5.41, 5.74) is 1.94. The quantitative estimate of drug-likeness (QED) is 0.609. The number of carbonyl (C=O) groups is 2. The number of hydrogen-bond donors (Lipinski definition) is 1. The lowest BCUT2D eigenvalue weighted by atomic mass is 10.0. The van der Waals surface area contributed by atoms with Gasteiger partial charge in [-0.25, -0.2) is 8.42 Å². The van der Waals surface area contributed by atoms with Crippen LogP contribution in [0.3, 0.4) is 0 Å². The van der Waals surface area contributed by atoms with Crippen LogP contribution in [-0.4, -0.2) is 69.8 Å². The van der Waals surface area contributed by atoms with Crippen LogP contribution in [0.2, 0.25) is 0 Å². The van der Waals surface area contributed by atoms with Gasteiger partial charge in [0.2, 0.25) is 21.8 Å². The molecule has 10 heteroatoms. The molecule has 0 aliphatic carbocycles. The van der Waals surface area contributed by atoms with E-state index in [-0.39, 0.29) is 49.3 Å². The largest absolute Gasteiger partial charge is 0.493 e. The van der Waals surface area contributed by atoms with Crippen molar-refractivity contribution in [1.82, 2.24) is 14.5 Å². The average Bonchev–Trinajstić information content (AvgIpc) is 2.83. The zero-order valence-electron chi connectivity index (χ0n) is 19.9. The van der Waals surface area contributed by atoms with Crippen LogP contribution in [0.15, 0.2) is 47.4 Å². The second kappa shape index (κ2) is 10.9. The summed E-state index contributed by atoms with van der Waals surface area (Å²) in [4.78, 5) is 26.4. The van der Waals surface area contributed by atoms with E-state index in [9.17, 15) is 18.0 Å². The Balaban J connectivity index is 1.66. The van der Waals surface area contributed by atoms with Crippen molar-refractivity contribution in [2.24, 2.45) is 0 Å². The normalized spacial score (nSPS) is 15.5. The van der Waals surface area contributed by atoms with Crippen molar-refractivity contribution >= 4 is 21.8 Å². The smallest absolute Gasteiger partial charge is 0.243 e. The third kappa shape index (κ3) is 5.87. The van der Waals surface area contributed by atoms with Crippen molar-refractivity contribution < 1.29 is 27.5 Å². The number of aryl methyl sites for hydroxylation is 1. The van der Waals surface area contributed by atoms with Gasteiger partial charge in [-0.05, 0) is 24.6 Å². The molecule has 1 unspecified atom stereocenters. The van der Waals surface area contributed by atoms with Gasteiger partial charge in [0.05, 0.1) is 31.6 Å². The van der Waals surface area contributed by atoms with E-state index in [4.69, 9.17) is 9.47 Å². The molecule has 2 aromatic carbocycles. The molecular formula is C24H31N3O6S. The van der Waals surface area contributed by atoms with Gasteiger partial charge in [0, 0.05) is 39.2 Å². The lowest BCUT2D eigenvalue weighted by Gasteiger charge is -2.35. The third-order valence-corrected chi connectivity index (χ3v) is 7.71. The van der Waals surface area contributed by atoms with Crippen LogP contribution in [0, 0.1) is 6.92 Å². The van der Waals surface area contributed by atoms with Gasteiger partial charge in [0.25, 0.3) is 0 Å². The second-order valence-corrected chi connectivity index (χ2v) is 10.1.